The molecule has 0 bridgehead atoms. The molecule has 26 heavy (non-hydrogen) atoms. The quantitative estimate of drug-likeness (QED) is 0.518. The maximum Gasteiger partial charge on any atom is 0.0853 e. The average molecular weight is 381 g/mol. The number of benzene rings is 3. The smallest absolute Gasteiger partial charge is 0.0853 e. The van der Waals surface area contributed by atoms with Crippen LogP contribution in [-0.2, 0) is 5.60 Å². The molecule has 0 aliphatic heterocycles. The third kappa shape index (κ3) is 4.29. The summed E-state index contributed by atoms with van der Waals surface area (Å²) in [5.41, 5.74) is 3.32. The maximum absolute atomic E-state index is 10.4. The molecule has 0 fully saturated rings. The van der Waals surface area contributed by atoms with Crippen LogP contribution in [0, 0.1) is 11.8 Å². The van der Waals surface area contributed by atoms with Crippen LogP contribution < -0.4 is 0 Å². The molecule has 0 atom stereocenters. The van der Waals surface area contributed by atoms with Crippen LogP contribution in [0.25, 0.3) is 11.1 Å². The molecule has 0 aliphatic carbocycles. The molecule has 1 nitrogen and oxygen atoms in total. The fourth-order valence-corrected chi connectivity index (χ4v) is 3.09. The highest BCUT2D eigenvalue weighted by Crippen LogP contribution is 2.28. The molecule has 0 aliphatic rings. The number of rotatable bonds is 2. The van der Waals surface area contributed by atoms with Gasteiger partial charge in [-0.3, -0.25) is 0 Å². The molecular formula is C23H18Cl2O. The number of aliphatic hydroxyl groups is 1. The summed E-state index contributed by atoms with van der Waals surface area (Å²) in [7, 11) is 0. The highest BCUT2D eigenvalue weighted by Gasteiger charge is 2.19. The lowest BCUT2D eigenvalue weighted by molar-refractivity contribution is 0.0783. The van der Waals surface area contributed by atoms with Crippen LogP contribution in [0.5, 0.6) is 0 Å². The summed E-state index contributed by atoms with van der Waals surface area (Å²) in [6.07, 6.45) is 0. The van der Waals surface area contributed by atoms with Gasteiger partial charge in [-0.15, -0.1) is 0 Å². The number of hydrogen-bond donors (Lipinski definition) is 1. The maximum atomic E-state index is 10.4. The summed E-state index contributed by atoms with van der Waals surface area (Å²) in [4.78, 5) is 0. The zero-order valence-electron chi connectivity index (χ0n) is 14.6. The van der Waals surface area contributed by atoms with Crippen molar-refractivity contribution in [1.29, 1.82) is 0 Å². The van der Waals surface area contributed by atoms with Gasteiger partial charge in [0.2, 0.25) is 0 Å². The van der Waals surface area contributed by atoms with Gasteiger partial charge in [0.05, 0.1) is 5.60 Å². The molecule has 0 saturated heterocycles. The van der Waals surface area contributed by atoms with E-state index in [0.29, 0.717) is 15.6 Å². The van der Waals surface area contributed by atoms with Gasteiger partial charge in [-0.25, -0.2) is 0 Å². The molecule has 3 heteroatoms. The topological polar surface area (TPSA) is 20.2 Å². The van der Waals surface area contributed by atoms with Crippen molar-refractivity contribution in [3.63, 3.8) is 0 Å². The van der Waals surface area contributed by atoms with Crippen LogP contribution in [0.15, 0.2) is 66.7 Å². The largest absolute Gasteiger partial charge is 0.386 e. The Morgan fingerprint density at radius 2 is 1.35 bits per heavy atom. The van der Waals surface area contributed by atoms with E-state index in [2.05, 4.69) is 11.8 Å². The highest BCUT2D eigenvalue weighted by molar-refractivity contribution is 6.31. The number of hydrogen-bond acceptors (Lipinski definition) is 1. The first-order valence-electron chi connectivity index (χ1n) is 8.24. The molecule has 0 saturated carbocycles. The van der Waals surface area contributed by atoms with Crippen LogP contribution in [0.1, 0.15) is 30.5 Å². The molecule has 0 unspecified atom stereocenters. The third-order valence-electron chi connectivity index (χ3n) is 4.04. The van der Waals surface area contributed by atoms with Gasteiger partial charge in [-0.2, -0.15) is 0 Å². The monoisotopic (exact) mass is 380 g/mol. The Bertz CT molecular complexity index is 990. The van der Waals surface area contributed by atoms with Crippen LogP contribution >= 0.6 is 23.2 Å². The van der Waals surface area contributed by atoms with Gasteiger partial charge in [0.15, 0.2) is 0 Å². The summed E-state index contributed by atoms with van der Waals surface area (Å²) < 4.78 is 0. The molecule has 0 spiro atoms. The van der Waals surface area contributed by atoms with Gasteiger partial charge < -0.3 is 5.11 Å². The Morgan fingerprint density at radius 1 is 0.769 bits per heavy atom. The second kappa shape index (κ2) is 7.56. The van der Waals surface area contributed by atoms with Crippen molar-refractivity contribution in [1.82, 2.24) is 0 Å². The van der Waals surface area contributed by atoms with Gasteiger partial charge >= 0.3 is 0 Å². The third-order valence-corrected chi connectivity index (χ3v) is 4.51. The van der Waals surface area contributed by atoms with E-state index in [-0.39, 0.29) is 0 Å². The zero-order chi connectivity index (χ0) is 18.7. The van der Waals surface area contributed by atoms with Gasteiger partial charge in [0, 0.05) is 26.7 Å². The minimum atomic E-state index is -1.03. The van der Waals surface area contributed by atoms with Gasteiger partial charge in [-0.05, 0) is 61.4 Å². The Labute approximate surface area is 164 Å². The van der Waals surface area contributed by atoms with Crippen molar-refractivity contribution in [3.05, 3.63) is 93.5 Å². The molecule has 3 rings (SSSR count). The lowest BCUT2D eigenvalue weighted by atomic mass is 9.93. The molecule has 0 aromatic heterocycles. The van der Waals surface area contributed by atoms with Gasteiger partial charge in [0.25, 0.3) is 0 Å². The summed E-state index contributed by atoms with van der Waals surface area (Å²) in [6, 6.07) is 21.0. The molecule has 1 N–H and O–H groups in total. The van der Waals surface area contributed by atoms with Crippen LogP contribution in [0.4, 0.5) is 0 Å². The van der Waals surface area contributed by atoms with Crippen molar-refractivity contribution in [2.45, 2.75) is 19.4 Å². The number of halogens is 2. The molecular weight excluding hydrogens is 363 g/mol. The first-order valence-corrected chi connectivity index (χ1v) is 8.99. The Hall–Kier alpha value is -2.24. The lowest BCUT2D eigenvalue weighted by Gasteiger charge is -2.19. The minimum Gasteiger partial charge on any atom is -0.386 e. The van der Waals surface area contributed by atoms with Crippen molar-refractivity contribution < 1.29 is 5.11 Å². The molecule has 0 amide bonds. The summed E-state index contributed by atoms with van der Waals surface area (Å²) in [6.45, 7) is 3.45. The van der Waals surface area contributed by atoms with E-state index in [4.69, 9.17) is 23.2 Å². The second-order valence-electron chi connectivity index (χ2n) is 6.55. The van der Waals surface area contributed by atoms with Crippen LogP contribution in [-0.4, -0.2) is 5.11 Å². The van der Waals surface area contributed by atoms with Crippen molar-refractivity contribution in [2.75, 3.05) is 0 Å². The standard InChI is InChI=1S/C23H18Cl2O/c1-23(2,26)22-15-20(25)13-11-18(22)9-8-17-10-12-19(24)14-21(17)16-6-4-3-5-7-16/h3-7,10-15,26H,1-2H3. The van der Waals surface area contributed by atoms with E-state index < -0.39 is 5.60 Å². The van der Waals surface area contributed by atoms with Gasteiger partial charge in [0.1, 0.15) is 0 Å². The molecule has 130 valence electrons. The summed E-state index contributed by atoms with van der Waals surface area (Å²) >= 11 is 12.3. The van der Waals surface area contributed by atoms with E-state index >= 15 is 0 Å². The average Bonchev–Trinajstić information content (AvgIpc) is 2.61. The summed E-state index contributed by atoms with van der Waals surface area (Å²) in [5.74, 6) is 6.41. The van der Waals surface area contributed by atoms with Crippen molar-refractivity contribution in [3.8, 4) is 23.0 Å². The minimum absolute atomic E-state index is 0.573. The van der Waals surface area contributed by atoms with Crippen molar-refractivity contribution in [2.24, 2.45) is 0 Å². The SMILES string of the molecule is CC(C)(O)c1cc(Cl)ccc1C#Cc1ccc(Cl)cc1-c1ccccc1. The van der Waals surface area contributed by atoms with E-state index in [1.54, 1.807) is 26.0 Å². The predicted molar refractivity (Wildman–Crippen MR) is 110 cm³/mol. The highest BCUT2D eigenvalue weighted by atomic mass is 35.5. The predicted octanol–water partition coefficient (Wildman–Crippen LogP) is 6.29. The Kier molecular flexibility index (Phi) is 5.39. The fourth-order valence-electron chi connectivity index (χ4n) is 2.75. The van der Waals surface area contributed by atoms with Crippen LogP contribution in [0.2, 0.25) is 10.0 Å². The van der Waals surface area contributed by atoms with E-state index in [1.807, 2.05) is 54.6 Å². The normalized spacial score (nSPS) is 11.0. The van der Waals surface area contributed by atoms with Crippen molar-refractivity contribution >= 4 is 23.2 Å². The Morgan fingerprint density at radius 3 is 2.00 bits per heavy atom. The van der Waals surface area contributed by atoms with Crippen LogP contribution in [0.3, 0.4) is 0 Å². The van der Waals surface area contributed by atoms with E-state index in [0.717, 1.165) is 22.3 Å². The summed E-state index contributed by atoms with van der Waals surface area (Å²) in [5, 5.41) is 11.7. The van der Waals surface area contributed by atoms with E-state index in [1.165, 1.54) is 0 Å². The van der Waals surface area contributed by atoms with E-state index in [9.17, 15) is 5.11 Å². The molecule has 0 radical (unpaired) electrons. The zero-order valence-corrected chi connectivity index (χ0v) is 16.1. The van der Waals surface area contributed by atoms with Gasteiger partial charge in [-0.1, -0.05) is 65.4 Å². The fraction of sp³-hybridized carbons (Fsp3) is 0.130. The first-order chi connectivity index (χ1) is 12.3. The molecule has 0 heterocycles. The first kappa shape index (κ1) is 18.5. The Balaban J connectivity index is 2.11. The molecule has 3 aromatic carbocycles. The second-order valence-corrected chi connectivity index (χ2v) is 7.43. The lowest BCUT2D eigenvalue weighted by Crippen LogP contribution is -2.17. The molecule has 3 aromatic rings.